The van der Waals surface area contributed by atoms with Crippen molar-refractivity contribution in [2.75, 3.05) is 13.7 Å². The fraction of sp³-hybridized carbons (Fsp3) is 0.455. The molecule has 98 valence electrons. The van der Waals surface area contributed by atoms with Crippen LogP contribution in [0.15, 0.2) is 16.6 Å². The molecule has 0 saturated carbocycles. The molecule has 5 N–H and O–H groups in total. The van der Waals surface area contributed by atoms with Crippen LogP contribution in [0.1, 0.15) is 24.4 Å². The molecule has 1 aromatic carbocycles. The first-order valence-corrected chi connectivity index (χ1v) is 5.91. The quantitative estimate of drug-likeness (QED) is 0.776. The summed E-state index contributed by atoms with van der Waals surface area (Å²) in [6.45, 7) is 0.597. The summed E-state index contributed by atoms with van der Waals surface area (Å²) in [7, 11) is 1.51. The van der Waals surface area contributed by atoms with Crippen LogP contribution < -0.4 is 16.2 Å². The van der Waals surface area contributed by atoms with E-state index in [1.54, 1.807) is 12.1 Å². The van der Waals surface area contributed by atoms with Crippen molar-refractivity contribution in [3.05, 3.63) is 22.2 Å². The number of hydrogen-bond donors (Lipinski definition) is 3. The zero-order chi connectivity index (χ0) is 12.1. The fourth-order valence-corrected chi connectivity index (χ4v) is 1.98. The molecule has 17 heavy (non-hydrogen) atoms. The minimum Gasteiger partial charge on any atom is -0.504 e. The molecule has 0 bridgehead atoms. The Morgan fingerprint density at radius 2 is 2.12 bits per heavy atom. The van der Waals surface area contributed by atoms with Crippen molar-refractivity contribution in [3.63, 3.8) is 0 Å². The number of methoxy groups -OCH3 is 1. The fourth-order valence-electron chi connectivity index (χ4n) is 1.53. The first kappa shape index (κ1) is 16.5. The van der Waals surface area contributed by atoms with Crippen LogP contribution in [0.4, 0.5) is 0 Å². The predicted octanol–water partition coefficient (Wildman–Crippen LogP) is 2.32. The normalized spacial score (nSPS) is 11.8. The average molecular weight is 326 g/mol. The summed E-state index contributed by atoms with van der Waals surface area (Å²) < 4.78 is 5.89. The summed E-state index contributed by atoms with van der Waals surface area (Å²) >= 11 is 3.35. The van der Waals surface area contributed by atoms with Crippen LogP contribution in [0.5, 0.6) is 11.5 Å². The summed E-state index contributed by atoms with van der Waals surface area (Å²) in [6.07, 6.45) is 1.57. The van der Waals surface area contributed by atoms with Gasteiger partial charge in [-0.1, -0.05) is 15.9 Å². The number of halogens is 2. The first-order valence-electron chi connectivity index (χ1n) is 5.12. The molecule has 0 aliphatic rings. The van der Waals surface area contributed by atoms with Crippen molar-refractivity contribution < 1.29 is 9.84 Å². The third-order valence-electron chi connectivity index (χ3n) is 2.41. The molecule has 0 fully saturated rings. The van der Waals surface area contributed by atoms with Crippen molar-refractivity contribution in [1.29, 1.82) is 0 Å². The second-order valence-electron chi connectivity index (χ2n) is 3.58. The van der Waals surface area contributed by atoms with E-state index >= 15 is 0 Å². The van der Waals surface area contributed by atoms with E-state index in [0.29, 0.717) is 17.9 Å². The van der Waals surface area contributed by atoms with Crippen molar-refractivity contribution in [1.82, 2.24) is 0 Å². The lowest BCUT2D eigenvalue weighted by Gasteiger charge is -2.15. The SMILES string of the molecule is COc1cc(Br)cc([C@H](N)CCCN)c1O.Cl. The lowest BCUT2D eigenvalue weighted by Crippen LogP contribution is -2.13. The lowest BCUT2D eigenvalue weighted by molar-refractivity contribution is 0.367. The Bertz CT molecular complexity index is 364. The Labute approximate surface area is 116 Å². The highest BCUT2D eigenvalue weighted by Gasteiger charge is 2.15. The van der Waals surface area contributed by atoms with Gasteiger partial charge in [-0.25, -0.2) is 0 Å². The average Bonchev–Trinajstić information content (AvgIpc) is 2.28. The number of nitrogens with two attached hydrogens (primary N) is 2. The van der Waals surface area contributed by atoms with Gasteiger partial charge < -0.3 is 21.3 Å². The van der Waals surface area contributed by atoms with E-state index in [1.165, 1.54) is 7.11 Å². The second kappa shape index (κ2) is 7.76. The zero-order valence-electron chi connectivity index (χ0n) is 9.65. The molecule has 0 aromatic heterocycles. The van der Waals surface area contributed by atoms with Crippen molar-refractivity contribution >= 4 is 28.3 Å². The Hall–Kier alpha value is -0.490. The predicted molar refractivity (Wildman–Crippen MR) is 74.8 cm³/mol. The molecule has 0 heterocycles. The molecule has 1 aromatic rings. The van der Waals surface area contributed by atoms with E-state index in [9.17, 15) is 5.11 Å². The maximum atomic E-state index is 9.93. The van der Waals surface area contributed by atoms with Gasteiger partial charge in [-0.2, -0.15) is 0 Å². The molecule has 0 unspecified atom stereocenters. The molecule has 4 nitrogen and oxygen atoms in total. The Balaban J connectivity index is 0.00000256. The van der Waals surface area contributed by atoms with Gasteiger partial charge in [-0.3, -0.25) is 0 Å². The minimum absolute atomic E-state index is 0. The monoisotopic (exact) mass is 324 g/mol. The molecule has 0 spiro atoms. The standard InChI is InChI=1S/C11H17BrN2O2.ClH/c1-16-10-6-7(12)5-8(11(10)15)9(14)3-2-4-13;/h5-6,9,15H,2-4,13-14H2,1H3;1H/t9-;/m1./s1. The molecule has 1 rings (SSSR count). The van der Waals surface area contributed by atoms with Crippen molar-refractivity contribution in [2.24, 2.45) is 11.5 Å². The van der Waals surface area contributed by atoms with Gasteiger partial charge in [-0.15, -0.1) is 12.4 Å². The van der Waals surface area contributed by atoms with Crippen molar-refractivity contribution in [2.45, 2.75) is 18.9 Å². The van der Waals surface area contributed by atoms with Gasteiger partial charge in [0.15, 0.2) is 11.5 Å². The van der Waals surface area contributed by atoms with Crippen LogP contribution in [0.25, 0.3) is 0 Å². The summed E-state index contributed by atoms with van der Waals surface area (Å²) in [6, 6.07) is 3.28. The number of ether oxygens (including phenoxy) is 1. The van der Waals surface area contributed by atoms with Gasteiger partial charge in [0.05, 0.1) is 7.11 Å². The van der Waals surface area contributed by atoms with Crippen LogP contribution >= 0.6 is 28.3 Å². The van der Waals surface area contributed by atoms with Gasteiger partial charge in [0.2, 0.25) is 0 Å². The molecule has 0 radical (unpaired) electrons. The number of aromatic hydroxyl groups is 1. The Morgan fingerprint density at radius 3 is 2.65 bits per heavy atom. The minimum atomic E-state index is -0.227. The van der Waals surface area contributed by atoms with Crippen LogP contribution in [0.2, 0.25) is 0 Å². The van der Waals surface area contributed by atoms with E-state index in [4.69, 9.17) is 16.2 Å². The third kappa shape index (κ3) is 4.35. The smallest absolute Gasteiger partial charge is 0.162 e. The van der Waals surface area contributed by atoms with E-state index in [2.05, 4.69) is 15.9 Å². The van der Waals surface area contributed by atoms with Gasteiger partial charge in [0.25, 0.3) is 0 Å². The largest absolute Gasteiger partial charge is 0.504 e. The number of hydrogen-bond acceptors (Lipinski definition) is 4. The van der Waals surface area contributed by atoms with E-state index < -0.39 is 0 Å². The van der Waals surface area contributed by atoms with Crippen LogP contribution in [-0.4, -0.2) is 18.8 Å². The number of benzene rings is 1. The summed E-state index contributed by atoms with van der Waals surface area (Å²) in [4.78, 5) is 0. The molecule has 0 aliphatic carbocycles. The van der Waals surface area contributed by atoms with Crippen molar-refractivity contribution in [3.8, 4) is 11.5 Å². The molecular weight excluding hydrogens is 307 g/mol. The number of phenolic OH excluding ortho intramolecular Hbond substituents is 1. The second-order valence-corrected chi connectivity index (χ2v) is 4.50. The van der Waals surface area contributed by atoms with E-state index in [1.807, 2.05) is 0 Å². The summed E-state index contributed by atoms with van der Waals surface area (Å²) in [5.74, 6) is 0.530. The summed E-state index contributed by atoms with van der Waals surface area (Å²) in [5, 5.41) is 9.93. The molecule has 0 aliphatic heterocycles. The molecule has 6 heteroatoms. The van der Waals surface area contributed by atoms with Crippen LogP contribution in [0, 0.1) is 0 Å². The highest BCUT2D eigenvalue weighted by Crippen LogP contribution is 2.37. The van der Waals surface area contributed by atoms with Gasteiger partial charge >= 0.3 is 0 Å². The van der Waals surface area contributed by atoms with E-state index in [0.717, 1.165) is 17.3 Å². The molecular formula is C11H18BrClN2O2. The highest BCUT2D eigenvalue weighted by atomic mass is 79.9. The molecule has 1 atom stereocenters. The lowest BCUT2D eigenvalue weighted by atomic mass is 10.0. The maximum Gasteiger partial charge on any atom is 0.162 e. The zero-order valence-corrected chi connectivity index (χ0v) is 12.1. The highest BCUT2D eigenvalue weighted by molar-refractivity contribution is 9.10. The van der Waals surface area contributed by atoms with Gasteiger partial charge in [0, 0.05) is 16.1 Å². The number of phenols is 1. The van der Waals surface area contributed by atoms with Gasteiger partial charge in [-0.05, 0) is 31.5 Å². The van der Waals surface area contributed by atoms with Crippen LogP contribution in [0.3, 0.4) is 0 Å². The third-order valence-corrected chi connectivity index (χ3v) is 2.87. The topological polar surface area (TPSA) is 81.5 Å². The Kier molecular flexibility index (Phi) is 7.54. The van der Waals surface area contributed by atoms with Gasteiger partial charge in [0.1, 0.15) is 0 Å². The maximum absolute atomic E-state index is 9.93. The molecule has 0 amide bonds. The van der Waals surface area contributed by atoms with E-state index in [-0.39, 0.29) is 24.2 Å². The summed E-state index contributed by atoms with van der Waals surface area (Å²) in [5.41, 5.74) is 12.1. The first-order chi connectivity index (χ1) is 7.60. The Morgan fingerprint density at radius 1 is 1.47 bits per heavy atom. The van der Waals surface area contributed by atoms with Crippen LogP contribution in [-0.2, 0) is 0 Å². The number of rotatable bonds is 5. The molecule has 0 saturated heterocycles.